The van der Waals surface area contributed by atoms with Gasteiger partial charge in [-0.25, -0.2) is 9.97 Å². The molecule has 6 heteroatoms. The molecule has 1 unspecified atom stereocenters. The van der Waals surface area contributed by atoms with Gasteiger partial charge in [0.25, 0.3) is 0 Å². The summed E-state index contributed by atoms with van der Waals surface area (Å²) < 4.78 is 1.90. The molecule has 2 aromatic rings. The van der Waals surface area contributed by atoms with Crippen molar-refractivity contribution >= 4 is 5.91 Å². The summed E-state index contributed by atoms with van der Waals surface area (Å²) in [6, 6.07) is 0. The predicted octanol–water partition coefficient (Wildman–Crippen LogP) is 2.56. The van der Waals surface area contributed by atoms with Gasteiger partial charge in [0.1, 0.15) is 6.33 Å². The standard InChI is InChI=1S/C18H23N5O/c24-18(14-4-1-2-5-14)22-10-3-6-15(12-22)16-17(21-8-7-20-16)23-11-9-19-13-23/h7-9,11,13-15H,1-6,10,12H2. The van der Waals surface area contributed by atoms with Crippen molar-refractivity contribution in [1.82, 2.24) is 24.4 Å². The maximum Gasteiger partial charge on any atom is 0.225 e. The second-order valence-electron chi connectivity index (χ2n) is 6.84. The molecule has 1 atom stereocenters. The Balaban J connectivity index is 1.55. The first-order valence-electron chi connectivity index (χ1n) is 8.91. The monoisotopic (exact) mass is 325 g/mol. The van der Waals surface area contributed by atoms with E-state index in [2.05, 4.69) is 19.9 Å². The van der Waals surface area contributed by atoms with Gasteiger partial charge in [-0.1, -0.05) is 12.8 Å². The molecule has 2 aliphatic rings. The number of imidazole rings is 1. The molecule has 0 radical (unpaired) electrons. The Hall–Kier alpha value is -2.24. The van der Waals surface area contributed by atoms with E-state index in [-0.39, 0.29) is 11.8 Å². The summed E-state index contributed by atoms with van der Waals surface area (Å²) in [5.41, 5.74) is 0.972. The molecule has 2 fully saturated rings. The van der Waals surface area contributed by atoms with Gasteiger partial charge in [0, 0.05) is 49.7 Å². The van der Waals surface area contributed by atoms with Gasteiger partial charge in [-0.15, -0.1) is 0 Å². The molecule has 2 aromatic heterocycles. The highest BCUT2D eigenvalue weighted by Gasteiger charge is 2.32. The molecule has 0 aromatic carbocycles. The van der Waals surface area contributed by atoms with Crippen LogP contribution in [0, 0.1) is 5.92 Å². The number of aromatic nitrogens is 4. The topological polar surface area (TPSA) is 63.9 Å². The Labute approximate surface area is 141 Å². The summed E-state index contributed by atoms with van der Waals surface area (Å²) in [6.07, 6.45) is 15.4. The van der Waals surface area contributed by atoms with Crippen molar-refractivity contribution in [3.63, 3.8) is 0 Å². The SMILES string of the molecule is O=C(C1CCCC1)N1CCCC(c2nccnc2-n2ccnc2)C1. The zero-order chi connectivity index (χ0) is 16.4. The number of hydrogen-bond acceptors (Lipinski definition) is 4. The maximum atomic E-state index is 12.8. The molecule has 1 amide bonds. The van der Waals surface area contributed by atoms with Gasteiger partial charge in [0.15, 0.2) is 5.82 Å². The lowest BCUT2D eigenvalue weighted by atomic mass is 9.93. The minimum Gasteiger partial charge on any atom is -0.342 e. The molecule has 6 nitrogen and oxygen atoms in total. The molecule has 0 N–H and O–H groups in total. The van der Waals surface area contributed by atoms with Crippen LogP contribution in [-0.4, -0.2) is 43.4 Å². The summed E-state index contributed by atoms with van der Waals surface area (Å²) >= 11 is 0. The molecule has 1 saturated heterocycles. The number of hydrogen-bond donors (Lipinski definition) is 0. The Kier molecular flexibility index (Phi) is 4.28. The molecular weight excluding hydrogens is 302 g/mol. The first kappa shape index (κ1) is 15.3. The van der Waals surface area contributed by atoms with Gasteiger partial charge in [-0.3, -0.25) is 14.3 Å². The van der Waals surface area contributed by atoms with Crippen molar-refractivity contribution in [3.05, 3.63) is 36.8 Å². The van der Waals surface area contributed by atoms with E-state index in [4.69, 9.17) is 0 Å². The van der Waals surface area contributed by atoms with Crippen molar-refractivity contribution in [3.8, 4) is 5.82 Å². The Morgan fingerprint density at radius 2 is 1.88 bits per heavy atom. The smallest absolute Gasteiger partial charge is 0.225 e. The van der Waals surface area contributed by atoms with E-state index < -0.39 is 0 Å². The zero-order valence-electron chi connectivity index (χ0n) is 13.8. The van der Waals surface area contributed by atoms with Crippen LogP contribution in [0.3, 0.4) is 0 Å². The number of carbonyl (C=O) groups excluding carboxylic acids is 1. The molecule has 1 aliphatic heterocycles. The third-order valence-corrected chi connectivity index (χ3v) is 5.28. The number of rotatable bonds is 3. The molecule has 3 heterocycles. The quantitative estimate of drug-likeness (QED) is 0.870. The predicted molar refractivity (Wildman–Crippen MR) is 89.7 cm³/mol. The van der Waals surface area contributed by atoms with Gasteiger partial charge in [-0.05, 0) is 25.7 Å². The van der Waals surface area contributed by atoms with Crippen LogP contribution in [0.5, 0.6) is 0 Å². The second-order valence-corrected chi connectivity index (χ2v) is 6.84. The van der Waals surface area contributed by atoms with E-state index in [9.17, 15) is 4.79 Å². The van der Waals surface area contributed by atoms with Crippen LogP contribution in [0.15, 0.2) is 31.1 Å². The highest BCUT2D eigenvalue weighted by atomic mass is 16.2. The second kappa shape index (κ2) is 6.71. The van der Waals surface area contributed by atoms with Crippen molar-refractivity contribution in [1.29, 1.82) is 0 Å². The van der Waals surface area contributed by atoms with Gasteiger partial charge in [-0.2, -0.15) is 0 Å². The van der Waals surface area contributed by atoms with Gasteiger partial charge < -0.3 is 4.90 Å². The fraction of sp³-hybridized carbons (Fsp3) is 0.556. The normalized spacial score (nSPS) is 22.0. The summed E-state index contributed by atoms with van der Waals surface area (Å²) in [6.45, 7) is 1.64. The molecule has 1 aliphatic carbocycles. The fourth-order valence-electron chi connectivity index (χ4n) is 4.04. The molecular formula is C18H23N5O. The van der Waals surface area contributed by atoms with Crippen LogP contribution in [0.25, 0.3) is 5.82 Å². The average molecular weight is 325 g/mol. The number of carbonyl (C=O) groups is 1. The zero-order valence-corrected chi connectivity index (χ0v) is 13.8. The van der Waals surface area contributed by atoms with Crippen LogP contribution < -0.4 is 0 Å². The number of amides is 1. The maximum absolute atomic E-state index is 12.8. The van der Waals surface area contributed by atoms with Crippen molar-refractivity contribution in [2.75, 3.05) is 13.1 Å². The molecule has 1 saturated carbocycles. The van der Waals surface area contributed by atoms with Gasteiger partial charge in [0.05, 0.1) is 5.69 Å². The fourth-order valence-corrected chi connectivity index (χ4v) is 4.04. The minimum atomic E-state index is 0.246. The Morgan fingerprint density at radius 3 is 2.67 bits per heavy atom. The van der Waals surface area contributed by atoms with Gasteiger partial charge in [0.2, 0.25) is 5.91 Å². The average Bonchev–Trinajstić information content (AvgIpc) is 3.35. The van der Waals surface area contributed by atoms with Crippen LogP contribution in [-0.2, 0) is 4.79 Å². The van der Waals surface area contributed by atoms with Crippen LogP contribution >= 0.6 is 0 Å². The van der Waals surface area contributed by atoms with Crippen molar-refractivity contribution in [2.45, 2.75) is 44.4 Å². The summed E-state index contributed by atoms with van der Waals surface area (Å²) in [5.74, 6) is 1.68. The van der Waals surface area contributed by atoms with Gasteiger partial charge >= 0.3 is 0 Å². The van der Waals surface area contributed by atoms with E-state index in [1.54, 1.807) is 24.9 Å². The minimum absolute atomic E-state index is 0.246. The Morgan fingerprint density at radius 1 is 1.04 bits per heavy atom. The molecule has 126 valence electrons. The summed E-state index contributed by atoms with van der Waals surface area (Å²) in [5, 5.41) is 0. The molecule has 0 spiro atoms. The summed E-state index contributed by atoms with van der Waals surface area (Å²) in [7, 11) is 0. The molecule has 24 heavy (non-hydrogen) atoms. The molecule has 0 bridgehead atoms. The van der Waals surface area contributed by atoms with Crippen molar-refractivity contribution < 1.29 is 4.79 Å². The lowest BCUT2D eigenvalue weighted by molar-refractivity contribution is -0.136. The third kappa shape index (κ3) is 2.92. The van der Waals surface area contributed by atoms with Crippen LogP contribution in [0.2, 0.25) is 0 Å². The Bertz CT molecular complexity index is 693. The summed E-state index contributed by atoms with van der Waals surface area (Å²) in [4.78, 5) is 28.0. The first-order valence-corrected chi connectivity index (χ1v) is 8.91. The third-order valence-electron chi connectivity index (χ3n) is 5.28. The van der Waals surface area contributed by atoms with Crippen LogP contribution in [0.1, 0.15) is 50.1 Å². The number of piperidine rings is 1. The first-order chi connectivity index (χ1) is 11.8. The number of likely N-dealkylation sites (tertiary alicyclic amines) is 1. The number of nitrogens with zero attached hydrogens (tertiary/aromatic N) is 5. The van der Waals surface area contributed by atoms with E-state index in [1.807, 2.05) is 10.8 Å². The largest absolute Gasteiger partial charge is 0.342 e. The van der Waals surface area contributed by atoms with E-state index in [0.29, 0.717) is 5.91 Å². The van der Waals surface area contributed by atoms with E-state index in [1.165, 1.54) is 12.8 Å². The van der Waals surface area contributed by atoms with E-state index in [0.717, 1.165) is 50.3 Å². The van der Waals surface area contributed by atoms with Crippen LogP contribution in [0.4, 0.5) is 0 Å². The molecule has 4 rings (SSSR count). The highest BCUT2D eigenvalue weighted by molar-refractivity contribution is 5.79. The lowest BCUT2D eigenvalue weighted by Gasteiger charge is -2.34. The van der Waals surface area contributed by atoms with Crippen molar-refractivity contribution in [2.24, 2.45) is 5.92 Å². The lowest BCUT2D eigenvalue weighted by Crippen LogP contribution is -2.42. The van der Waals surface area contributed by atoms with E-state index >= 15 is 0 Å². The highest BCUT2D eigenvalue weighted by Crippen LogP contribution is 2.32.